The zero-order valence-corrected chi connectivity index (χ0v) is 21.2. The van der Waals surface area contributed by atoms with E-state index in [-0.39, 0.29) is 13.0 Å². The van der Waals surface area contributed by atoms with E-state index in [2.05, 4.69) is 11.8 Å². The minimum absolute atomic E-state index is 0.0836. The second kappa shape index (κ2) is 12.0. The number of nitrogens with zero attached hydrogens (tertiary/aromatic N) is 1. The molecule has 0 aromatic heterocycles. The molecular formula is C27H37NO6. The molecule has 0 bridgehead atoms. The van der Waals surface area contributed by atoms with Gasteiger partial charge in [0.15, 0.2) is 0 Å². The summed E-state index contributed by atoms with van der Waals surface area (Å²) < 4.78 is 16.5. The van der Waals surface area contributed by atoms with Crippen LogP contribution in [0.1, 0.15) is 66.4 Å². The summed E-state index contributed by atoms with van der Waals surface area (Å²) in [6.45, 7) is 11.6. The van der Waals surface area contributed by atoms with Gasteiger partial charge in [-0.3, -0.25) is 9.59 Å². The van der Waals surface area contributed by atoms with Gasteiger partial charge in [0.05, 0.1) is 18.9 Å². The third-order valence-electron chi connectivity index (χ3n) is 5.03. The molecule has 7 heteroatoms. The molecule has 0 saturated carbocycles. The first-order valence-corrected chi connectivity index (χ1v) is 11.7. The summed E-state index contributed by atoms with van der Waals surface area (Å²) >= 11 is 0. The highest BCUT2D eigenvalue weighted by Crippen LogP contribution is 2.29. The number of hydrogen-bond donors (Lipinski definition) is 0. The Morgan fingerprint density at radius 1 is 1.03 bits per heavy atom. The van der Waals surface area contributed by atoms with Crippen molar-refractivity contribution in [3.8, 4) is 11.8 Å². The molecule has 7 nitrogen and oxygen atoms in total. The zero-order valence-electron chi connectivity index (χ0n) is 21.2. The molecule has 0 N–H and O–H groups in total. The van der Waals surface area contributed by atoms with E-state index in [1.807, 2.05) is 30.3 Å². The molecule has 1 aliphatic heterocycles. The molecule has 1 heterocycles. The van der Waals surface area contributed by atoms with Crippen LogP contribution in [0.4, 0.5) is 4.79 Å². The number of ether oxygens (including phenoxy) is 3. The molecule has 2 unspecified atom stereocenters. The van der Waals surface area contributed by atoms with Crippen molar-refractivity contribution in [2.75, 3.05) is 13.2 Å². The van der Waals surface area contributed by atoms with Crippen molar-refractivity contribution >= 4 is 17.8 Å². The fourth-order valence-corrected chi connectivity index (χ4v) is 3.73. The topological polar surface area (TPSA) is 82.1 Å². The van der Waals surface area contributed by atoms with Crippen molar-refractivity contribution in [3.63, 3.8) is 0 Å². The first-order chi connectivity index (χ1) is 15.9. The van der Waals surface area contributed by atoms with Crippen LogP contribution in [0.2, 0.25) is 0 Å². The lowest BCUT2D eigenvalue weighted by molar-refractivity contribution is -0.157. The standard InChI is InChI=1S/C27H37NO6/c1-26(2,3)33-24(30)18-21(22-14-10-16-28(22)25(31)34-27(4,5)6)23(29)15-11-17-32-19-20-12-8-7-9-13-20/h7-9,12-13,21-22H,10,14,16-19H2,1-6H3. The van der Waals surface area contributed by atoms with Gasteiger partial charge < -0.3 is 19.1 Å². The molecule has 1 aromatic rings. The molecule has 1 amide bonds. The van der Waals surface area contributed by atoms with Gasteiger partial charge in [-0.15, -0.1) is 0 Å². The molecule has 0 radical (unpaired) electrons. The fraction of sp³-hybridized carbons (Fsp3) is 0.593. The summed E-state index contributed by atoms with van der Waals surface area (Å²) in [5.41, 5.74) is -0.329. The normalized spacial score (nSPS) is 16.9. The van der Waals surface area contributed by atoms with Gasteiger partial charge in [0, 0.05) is 12.6 Å². The highest BCUT2D eigenvalue weighted by Gasteiger charge is 2.41. The van der Waals surface area contributed by atoms with Gasteiger partial charge >= 0.3 is 12.1 Å². The van der Waals surface area contributed by atoms with Gasteiger partial charge in [0.25, 0.3) is 0 Å². The van der Waals surface area contributed by atoms with Crippen molar-refractivity contribution in [2.24, 2.45) is 5.92 Å². The Morgan fingerprint density at radius 3 is 2.29 bits per heavy atom. The summed E-state index contributed by atoms with van der Waals surface area (Å²) in [5.74, 6) is 3.67. The van der Waals surface area contributed by atoms with E-state index in [0.29, 0.717) is 19.6 Å². The molecular weight excluding hydrogens is 434 g/mol. The maximum absolute atomic E-state index is 13.1. The van der Waals surface area contributed by atoms with Gasteiger partial charge in [-0.25, -0.2) is 4.79 Å². The average Bonchev–Trinajstić information content (AvgIpc) is 3.19. The Morgan fingerprint density at radius 2 is 1.68 bits per heavy atom. The van der Waals surface area contributed by atoms with Crippen LogP contribution < -0.4 is 0 Å². The average molecular weight is 472 g/mol. The van der Waals surface area contributed by atoms with Crippen LogP contribution in [0.25, 0.3) is 0 Å². The number of amides is 1. The largest absolute Gasteiger partial charge is 0.460 e. The molecule has 34 heavy (non-hydrogen) atoms. The van der Waals surface area contributed by atoms with Gasteiger partial charge in [0.1, 0.15) is 17.8 Å². The van der Waals surface area contributed by atoms with E-state index < -0.39 is 41.0 Å². The number of ketones is 1. The predicted octanol–water partition coefficient (Wildman–Crippen LogP) is 4.52. The van der Waals surface area contributed by atoms with E-state index in [1.165, 1.54) is 0 Å². The number of esters is 1. The molecule has 1 aliphatic rings. The molecule has 2 rings (SSSR count). The molecule has 1 aromatic carbocycles. The minimum atomic E-state index is -0.800. The molecule has 1 fully saturated rings. The third-order valence-corrected chi connectivity index (χ3v) is 5.03. The fourth-order valence-electron chi connectivity index (χ4n) is 3.73. The number of likely N-dealkylation sites (tertiary alicyclic amines) is 1. The van der Waals surface area contributed by atoms with Crippen LogP contribution in [0.15, 0.2) is 30.3 Å². The highest BCUT2D eigenvalue weighted by atomic mass is 16.6. The lowest BCUT2D eigenvalue weighted by Crippen LogP contribution is -2.45. The van der Waals surface area contributed by atoms with E-state index in [1.54, 1.807) is 46.4 Å². The maximum atomic E-state index is 13.1. The Kier molecular flexibility index (Phi) is 9.69. The number of rotatable bonds is 7. The molecule has 186 valence electrons. The summed E-state index contributed by atoms with van der Waals surface area (Å²) in [6, 6.07) is 9.19. The van der Waals surface area contributed by atoms with Crippen LogP contribution in [0.5, 0.6) is 0 Å². The molecule has 1 saturated heterocycles. The third kappa shape index (κ3) is 9.56. The number of benzene rings is 1. The minimum Gasteiger partial charge on any atom is -0.460 e. The van der Waals surface area contributed by atoms with Crippen molar-refractivity contribution < 1.29 is 28.6 Å². The predicted molar refractivity (Wildman–Crippen MR) is 129 cm³/mol. The second-order valence-corrected chi connectivity index (χ2v) is 10.4. The Balaban J connectivity index is 2.11. The highest BCUT2D eigenvalue weighted by molar-refractivity contribution is 5.99. The quantitative estimate of drug-likeness (QED) is 0.252. The van der Waals surface area contributed by atoms with E-state index >= 15 is 0 Å². The van der Waals surface area contributed by atoms with E-state index in [9.17, 15) is 14.4 Å². The van der Waals surface area contributed by atoms with E-state index in [0.717, 1.165) is 12.0 Å². The first kappa shape index (κ1) is 27.4. The summed E-state index contributed by atoms with van der Waals surface area (Å²) in [4.78, 5) is 40.0. The number of carbonyl (C=O) groups is 3. The SMILES string of the molecule is CC(C)(C)OC(=O)CC(C(=O)C#CCOCc1ccccc1)C1CCCN1C(=O)OC(C)(C)C. The van der Waals surface area contributed by atoms with Gasteiger partial charge in [-0.05, 0) is 65.9 Å². The van der Waals surface area contributed by atoms with Gasteiger partial charge in [-0.2, -0.15) is 0 Å². The Labute approximate surface area is 203 Å². The number of hydrogen-bond acceptors (Lipinski definition) is 6. The Bertz CT molecular complexity index is 901. The summed E-state index contributed by atoms with van der Waals surface area (Å²) in [5, 5.41) is 0. The lowest BCUT2D eigenvalue weighted by atomic mass is 9.90. The van der Waals surface area contributed by atoms with Crippen LogP contribution >= 0.6 is 0 Å². The summed E-state index contributed by atoms with van der Waals surface area (Å²) in [6.07, 6.45) is 0.663. The second-order valence-electron chi connectivity index (χ2n) is 10.4. The van der Waals surface area contributed by atoms with Crippen molar-refractivity contribution in [1.82, 2.24) is 4.90 Å². The van der Waals surface area contributed by atoms with Crippen molar-refractivity contribution in [1.29, 1.82) is 0 Å². The number of Topliss-reactive ketones (excluding diaryl/α,β-unsaturated/α-hetero) is 1. The molecule has 0 aliphatic carbocycles. The van der Waals surface area contributed by atoms with Crippen LogP contribution in [-0.2, 0) is 30.4 Å². The van der Waals surface area contributed by atoms with Crippen molar-refractivity contribution in [2.45, 2.75) is 84.7 Å². The lowest BCUT2D eigenvalue weighted by Gasteiger charge is -2.32. The monoisotopic (exact) mass is 471 g/mol. The smallest absolute Gasteiger partial charge is 0.410 e. The Hall–Kier alpha value is -2.85. The van der Waals surface area contributed by atoms with Crippen molar-refractivity contribution in [3.05, 3.63) is 35.9 Å². The van der Waals surface area contributed by atoms with Gasteiger partial charge in [0.2, 0.25) is 5.78 Å². The summed E-state index contributed by atoms with van der Waals surface area (Å²) in [7, 11) is 0. The molecule has 0 spiro atoms. The van der Waals surface area contributed by atoms with Gasteiger partial charge in [-0.1, -0.05) is 36.3 Å². The van der Waals surface area contributed by atoms with Crippen LogP contribution in [0.3, 0.4) is 0 Å². The van der Waals surface area contributed by atoms with Crippen LogP contribution in [0, 0.1) is 17.8 Å². The zero-order chi connectivity index (χ0) is 25.4. The number of carbonyl (C=O) groups excluding carboxylic acids is 3. The first-order valence-electron chi connectivity index (χ1n) is 11.7. The van der Waals surface area contributed by atoms with Crippen LogP contribution in [-0.4, -0.2) is 53.1 Å². The van der Waals surface area contributed by atoms with E-state index in [4.69, 9.17) is 14.2 Å². The molecule has 2 atom stereocenters. The maximum Gasteiger partial charge on any atom is 0.410 e.